The third kappa shape index (κ3) is 0.878. The van der Waals surface area contributed by atoms with Crippen molar-refractivity contribution in [1.29, 1.82) is 0 Å². The van der Waals surface area contributed by atoms with E-state index in [2.05, 4.69) is 13.8 Å². The highest BCUT2D eigenvalue weighted by atomic mass is 16.5. The Labute approximate surface area is 62.8 Å². The third-order valence-electron chi connectivity index (χ3n) is 2.88. The Kier molecular flexibility index (Phi) is 1.31. The summed E-state index contributed by atoms with van der Waals surface area (Å²) >= 11 is 0. The zero-order valence-electron chi connectivity index (χ0n) is 6.89. The minimum atomic E-state index is 0.661. The SMILES string of the molecule is CC(C)CC12COCC1C2. The second-order valence-electron chi connectivity index (χ2n) is 4.38. The van der Waals surface area contributed by atoms with Crippen LogP contribution in [0.3, 0.4) is 0 Å². The minimum Gasteiger partial charge on any atom is -0.381 e. The van der Waals surface area contributed by atoms with Gasteiger partial charge in [0.15, 0.2) is 0 Å². The van der Waals surface area contributed by atoms with E-state index in [1.807, 2.05) is 0 Å². The molecule has 2 rings (SSSR count). The molecule has 2 fully saturated rings. The summed E-state index contributed by atoms with van der Waals surface area (Å²) in [5.74, 6) is 1.79. The van der Waals surface area contributed by atoms with E-state index in [-0.39, 0.29) is 0 Å². The first-order valence-corrected chi connectivity index (χ1v) is 4.31. The molecule has 0 bridgehead atoms. The van der Waals surface area contributed by atoms with E-state index < -0.39 is 0 Å². The normalized spacial score (nSPS) is 44.1. The molecule has 0 amide bonds. The lowest BCUT2D eigenvalue weighted by atomic mass is 9.94. The third-order valence-corrected chi connectivity index (χ3v) is 2.88. The summed E-state index contributed by atoms with van der Waals surface area (Å²) in [6, 6.07) is 0. The van der Waals surface area contributed by atoms with Crippen molar-refractivity contribution in [3.8, 4) is 0 Å². The van der Waals surface area contributed by atoms with E-state index in [9.17, 15) is 0 Å². The maximum atomic E-state index is 5.41. The predicted octanol–water partition coefficient (Wildman–Crippen LogP) is 2.07. The van der Waals surface area contributed by atoms with Crippen LogP contribution in [0.15, 0.2) is 0 Å². The van der Waals surface area contributed by atoms with Gasteiger partial charge in [0.2, 0.25) is 0 Å². The fourth-order valence-corrected chi connectivity index (χ4v) is 2.37. The fraction of sp³-hybridized carbons (Fsp3) is 1.00. The van der Waals surface area contributed by atoms with Gasteiger partial charge in [-0.1, -0.05) is 13.8 Å². The van der Waals surface area contributed by atoms with Gasteiger partial charge in [-0.3, -0.25) is 0 Å². The number of fused-ring (bicyclic) bond motifs is 1. The zero-order chi connectivity index (χ0) is 7.19. The van der Waals surface area contributed by atoms with Crippen LogP contribution in [0, 0.1) is 17.3 Å². The molecule has 0 spiro atoms. The lowest BCUT2D eigenvalue weighted by molar-refractivity contribution is 0.140. The average Bonchev–Trinajstić information content (AvgIpc) is 2.33. The van der Waals surface area contributed by atoms with Gasteiger partial charge in [-0.25, -0.2) is 0 Å². The molecular weight excluding hydrogens is 124 g/mol. The second kappa shape index (κ2) is 1.97. The molecule has 1 nitrogen and oxygen atoms in total. The van der Waals surface area contributed by atoms with Crippen molar-refractivity contribution in [2.45, 2.75) is 26.7 Å². The Morgan fingerprint density at radius 2 is 2.40 bits per heavy atom. The van der Waals surface area contributed by atoms with Crippen molar-refractivity contribution >= 4 is 0 Å². The molecule has 0 aromatic heterocycles. The molecule has 1 heterocycles. The first-order chi connectivity index (χ1) is 4.73. The topological polar surface area (TPSA) is 9.23 Å². The maximum absolute atomic E-state index is 5.41. The number of hydrogen-bond donors (Lipinski definition) is 0. The predicted molar refractivity (Wildman–Crippen MR) is 40.8 cm³/mol. The summed E-state index contributed by atoms with van der Waals surface area (Å²) in [7, 11) is 0. The van der Waals surface area contributed by atoms with Crippen LogP contribution in [0.4, 0.5) is 0 Å². The Morgan fingerprint density at radius 1 is 1.60 bits per heavy atom. The highest BCUT2D eigenvalue weighted by Crippen LogP contribution is 2.60. The van der Waals surface area contributed by atoms with Crippen LogP contribution in [0.5, 0.6) is 0 Å². The summed E-state index contributed by atoms with van der Waals surface area (Å²) in [4.78, 5) is 0. The molecule has 58 valence electrons. The van der Waals surface area contributed by atoms with E-state index >= 15 is 0 Å². The molecule has 0 N–H and O–H groups in total. The quantitative estimate of drug-likeness (QED) is 0.570. The molecule has 1 aliphatic heterocycles. The van der Waals surface area contributed by atoms with Crippen molar-refractivity contribution < 1.29 is 4.74 Å². The Bertz CT molecular complexity index is 142. The van der Waals surface area contributed by atoms with Crippen molar-refractivity contribution in [2.24, 2.45) is 17.3 Å². The van der Waals surface area contributed by atoms with Gasteiger partial charge in [0.05, 0.1) is 13.2 Å². The first kappa shape index (κ1) is 6.66. The molecule has 0 aromatic rings. The van der Waals surface area contributed by atoms with Crippen LogP contribution in [0.1, 0.15) is 26.7 Å². The molecule has 1 saturated heterocycles. The van der Waals surface area contributed by atoms with Crippen molar-refractivity contribution in [1.82, 2.24) is 0 Å². The van der Waals surface area contributed by atoms with Gasteiger partial charge in [-0.15, -0.1) is 0 Å². The van der Waals surface area contributed by atoms with E-state index in [4.69, 9.17) is 4.74 Å². The van der Waals surface area contributed by atoms with Crippen LogP contribution >= 0.6 is 0 Å². The van der Waals surface area contributed by atoms with Crippen molar-refractivity contribution in [2.75, 3.05) is 13.2 Å². The number of ether oxygens (including phenoxy) is 1. The zero-order valence-corrected chi connectivity index (χ0v) is 6.89. The maximum Gasteiger partial charge on any atom is 0.0526 e. The van der Waals surface area contributed by atoms with Gasteiger partial charge >= 0.3 is 0 Å². The Morgan fingerprint density at radius 3 is 2.80 bits per heavy atom. The van der Waals surface area contributed by atoms with Gasteiger partial charge in [-0.2, -0.15) is 0 Å². The largest absolute Gasteiger partial charge is 0.381 e. The van der Waals surface area contributed by atoms with Gasteiger partial charge < -0.3 is 4.74 Å². The number of rotatable bonds is 2. The van der Waals surface area contributed by atoms with Crippen molar-refractivity contribution in [3.63, 3.8) is 0 Å². The average molecular weight is 140 g/mol. The lowest BCUT2D eigenvalue weighted by Crippen LogP contribution is -2.08. The fourth-order valence-electron chi connectivity index (χ4n) is 2.37. The second-order valence-corrected chi connectivity index (χ2v) is 4.38. The molecule has 1 saturated carbocycles. The summed E-state index contributed by atoms with van der Waals surface area (Å²) < 4.78 is 5.41. The van der Waals surface area contributed by atoms with E-state index in [0.717, 1.165) is 25.0 Å². The van der Waals surface area contributed by atoms with Crippen LogP contribution in [0.2, 0.25) is 0 Å². The molecule has 0 aromatic carbocycles. The summed E-state index contributed by atoms with van der Waals surface area (Å²) in [6.45, 7) is 6.72. The van der Waals surface area contributed by atoms with Crippen LogP contribution in [0.25, 0.3) is 0 Å². The molecule has 0 radical (unpaired) electrons. The highest BCUT2D eigenvalue weighted by Gasteiger charge is 2.57. The molecule has 1 heteroatoms. The van der Waals surface area contributed by atoms with E-state index in [1.165, 1.54) is 12.8 Å². The molecule has 1 aliphatic carbocycles. The highest BCUT2D eigenvalue weighted by molar-refractivity contribution is 5.05. The van der Waals surface area contributed by atoms with Gasteiger partial charge in [0.25, 0.3) is 0 Å². The summed E-state index contributed by atoms with van der Waals surface area (Å²) in [6.07, 6.45) is 2.84. The Hall–Kier alpha value is -0.0400. The molecule has 2 atom stereocenters. The van der Waals surface area contributed by atoms with Gasteiger partial charge in [0, 0.05) is 0 Å². The van der Waals surface area contributed by atoms with E-state index in [0.29, 0.717) is 5.41 Å². The molecule has 10 heavy (non-hydrogen) atoms. The van der Waals surface area contributed by atoms with Crippen LogP contribution < -0.4 is 0 Å². The van der Waals surface area contributed by atoms with Crippen LogP contribution in [-0.4, -0.2) is 13.2 Å². The smallest absolute Gasteiger partial charge is 0.0526 e. The molecule has 2 aliphatic rings. The molecule has 2 unspecified atom stereocenters. The Balaban J connectivity index is 1.93. The lowest BCUT2D eigenvalue weighted by Gasteiger charge is -2.12. The minimum absolute atomic E-state index is 0.661. The van der Waals surface area contributed by atoms with Crippen molar-refractivity contribution in [3.05, 3.63) is 0 Å². The number of hydrogen-bond acceptors (Lipinski definition) is 1. The summed E-state index contributed by atoms with van der Waals surface area (Å²) in [5.41, 5.74) is 0.661. The summed E-state index contributed by atoms with van der Waals surface area (Å²) in [5, 5.41) is 0. The van der Waals surface area contributed by atoms with Gasteiger partial charge in [0.1, 0.15) is 0 Å². The molecular formula is C9H16O. The van der Waals surface area contributed by atoms with Gasteiger partial charge in [-0.05, 0) is 30.1 Å². The van der Waals surface area contributed by atoms with Crippen LogP contribution in [-0.2, 0) is 4.74 Å². The standard InChI is InChI=1S/C9H16O/c1-7(2)3-9-4-8(9)5-10-6-9/h7-8H,3-6H2,1-2H3. The van der Waals surface area contributed by atoms with E-state index in [1.54, 1.807) is 0 Å². The first-order valence-electron chi connectivity index (χ1n) is 4.31. The monoisotopic (exact) mass is 140 g/mol.